The van der Waals surface area contributed by atoms with Crippen molar-refractivity contribution in [2.45, 2.75) is 4.90 Å². The van der Waals surface area contributed by atoms with Crippen LogP contribution in [0.5, 0.6) is 5.75 Å². The second-order valence-corrected chi connectivity index (χ2v) is 7.83. The Morgan fingerprint density at radius 3 is 2.17 bits per heavy atom. The number of benzene rings is 2. The minimum atomic E-state index is -3.55. The Morgan fingerprint density at radius 1 is 0.958 bits per heavy atom. The van der Waals surface area contributed by atoms with Gasteiger partial charge in [-0.05, 0) is 36.4 Å². The van der Waals surface area contributed by atoms with Gasteiger partial charge < -0.3 is 9.64 Å². The molecule has 2 aromatic carbocycles. The van der Waals surface area contributed by atoms with Crippen LogP contribution >= 0.6 is 11.6 Å². The number of sulfonamides is 1. The molecule has 0 aliphatic carbocycles. The van der Waals surface area contributed by atoms with Crippen molar-refractivity contribution in [3.63, 3.8) is 0 Å². The molecule has 0 spiro atoms. The van der Waals surface area contributed by atoms with Crippen molar-refractivity contribution < 1.29 is 13.2 Å². The van der Waals surface area contributed by atoms with Crippen molar-refractivity contribution in [3.05, 3.63) is 53.6 Å². The Hall–Kier alpha value is -1.76. The number of nitrogens with zero attached hydrogens (tertiary/aromatic N) is 2. The van der Waals surface area contributed by atoms with Gasteiger partial charge in [-0.3, -0.25) is 0 Å². The highest BCUT2D eigenvalue weighted by atomic mass is 35.5. The number of hydrogen-bond donors (Lipinski definition) is 0. The number of ether oxygens (including phenoxy) is 1. The van der Waals surface area contributed by atoms with E-state index in [0.717, 1.165) is 11.4 Å². The van der Waals surface area contributed by atoms with Crippen molar-refractivity contribution in [3.8, 4) is 5.75 Å². The van der Waals surface area contributed by atoms with Gasteiger partial charge in [0, 0.05) is 31.9 Å². The van der Waals surface area contributed by atoms with Gasteiger partial charge in [-0.15, -0.1) is 0 Å². The topological polar surface area (TPSA) is 49.9 Å². The SMILES string of the molecule is COc1ccc(N2CCN(S(=O)(=O)c3ccccc3Cl)CC2)cc1. The predicted octanol–water partition coefficient (Wildman–Crippen LogP) is 2.86. The zero-order chi connectivity index (χ0) is 17.2. The van der Waals surface area contributed by atoms with Crippen molar-refractivity contribution in [2.75, 3.05) is 38.2 Å². The normalized spacial score (nSPS) is 16.2. The molecule has 3 rings (SSSR count). The van der Waals surface area contributed by atoms with E-state index in [1.165, 1.54) is 4.31 Å². The Kier molecular flexibility index (Phi) is 4.99. The summed E-state index contributed by atoms with van der Waals surface area (Å²) in [7, 11) is -1.92. The van der Waals surface area contributed by atoms with Crippen molar-refractivity contribution in [1.82, 2.24) is 4.31 Å². The Bertz CT molecular complexity index is 801. The summed E-state index contributed by atoms with van der Waals surface area (Å²) in [6.07, 6.45) is 0. The highest BCUT2D eigenvalue weighted by molar-refractivity contribution is 7.89. The average molecular weight is 367 g/mol. The minimum Gasteiger partial charge on any atom is -0.497 e. The summed E-state index contributed by atoms with van der Waals surface area (Å²) in [6.45, 7) is 2.13. The summed E-state index contributed by atoms with van der Waals surface area (Å²) >= 11 is 6.05. The van der Waals surface area contributed by atoms with E-state index in [0.29, 0.717) is 26.2 Å². The van der Waals surface area contributed by atoms with E-state index in [-0.39, 0.29) is 9.92 Å². The summed E-state index contributed by atoms with van der Waals surface area (Å²) in [6, 6.07) is 14.3. The lowest BCUT2D eigenvalue weighted by Gasteiger charge is -2.35. The molecule has 0 bridgehead atoms. The second-order valence-electron chi connectivity index (χ2n) is 5.52. The third-order valence-electron chi connectivity index (χ3n) is 4.13. The van der Waals surface area contributed by atoms with Crippen LogP contribution in [0.15, 0.2) is 53.4 Å². The Balaban J connectivity index is 1.71. The zero-order valence-electron chi connectivity index (χ0n) is 13.4. The first kappa shape index (κ1) is 17.1. The van der Waals surface area contributed by atoms with Crippen LogP contribution in [0.1, 0.15) is 0 Å². The van der Waals surface area contributed by atoms with Crippen LogP contribution in [0.25, 0.3) is 0 Å². The highest BCUT2D eigenvalue weighted by Crippen LogP contribution is 2.26. The fourth-order valence-electron chi connectivity index (χ4n) is 2.77. The molecule has 0 saturated carbocycles. The molecule has 2 aromatic rings. The first-order chi connectivity index (χ1) is 11.5. The quantitative estimate of drug-likeness (QED) is 0.834. The van der Waals surface area contributed by atoms with Crippen LogP contribution in [0.4, 0.5) is 5.69 Å². The van der Waals surface area contributed by atoms with Gasteiger partial charge in [-0.1, -0.05) is 23.7 Å². The molecule has 7 heteroatoms. The number of anilines is 1. The average Bonchev–Trinajstić information content (AvgIpc) is 2.62. The first-order valence-corrected chi connectivity index (χ1v) is 9.48. The predicted molar refractivity (Wildman–Crippen MR) is 95.4 cm³/mol. The van der Waals surface area contributed by atoms with Crippen molar-refractivity contribution in [2.24, 2.45) is 0 Å². The van der Waals surface area contributed by atoms with Crippen LogP contribution in [0.3, 0.4) is 0 Å². The molecule has 128 valence electrons. The monoisotopic (exact) mass is 366 g/mol. The van der Waals surface area contributed by atoms with E-state index in [4.69, 9.17) is 16.3 Å². The van der Waals surface area contributed by atoms with Crippen LogP contribution < -0.4 is 9.64 Å². The molecule has 0 amide bonds. The molecule has 24 heavy (non-hydrogen) atoms. The van der Waals surface area contributed by atoms with Crippen LogP contribution in [0, 0.1) is 0 Å². The van der Waals surface area contributed by atoms with Gasteiger partial charge >= 0.3 is 0 Å². The summed E-state index contributed by atoms with van der Waals surface area (Å²) in [5.41, 5.74) is 1.06. The van der Waals surface area contributed by atoms with Gasteiger partial charge in [0.15, 0.2) is 0 Å². The molecule has 0 atom stereocenters. The fourth-order valence-corrected chi connectivity index (χ4v) is 4.69. The second kappa shape index (κ2) is 7.01. The van der Waals surface area contributed by atoms with E-state index in [1.54, 1.807) is 31.4 Å². The third-order valence-corrected chi connectivity index (χ3v) is 6.53. The first-order valence-electron chi connectivity index (χ1n) is 7.66. The van der Waals surface area contributed by atoms with E-state index in [1.807, 2.05) is 24.3 Å². The maximum Gasteiger partial charge on any atom is 0.244 e. The lowest BCUT2D eigenvalue weighted by Crippen LogP contribution is -2.48. The maximum atomic E-state index is 12.7. The van der Waals surface area contributed by atoms with Crippen LogP contribution in [-0.2, 0) is 10.0 Å². The van der Waals surface area contributed by atoms with Crippen molar-refractivity contribution in [1.29, 1.82) is 0 Å². The van der Waals surface area contributed by atoms with Crippen LogP contribution in [-0.4, -0.2) is 46.0 Å². The summed E-state index contributed by atoms with van der Waals surface area (Å²) < 4.78 is 32.1. The molecule has 0 radical (unpaired) electrons. The minimum absolute atomic E-state index is 0.171. The summed E-state index contributed by atoms with van der Waals surface area (Å²) in [4.78, 5) is 2.34. The molecular weight excluding hydrogens is 348 g/mol. The largest absolute Gasteiger partial charge is 0.497 e. The van der Waals surface area contributed by atoms with E-state index in [2.05, 4.69) is 4.90 Å². The van der Waals surface area contributed by atoms with Gasteiger partial charge in [-0.2, -0.15) is 4.31 Å². The molecule has 1 fully saturated rings. The van der Waals surface area contributed by atoms with E-state index < -0.39 is 10.0 Å². The Morgan fingerprint density at radius 2 is 1.58 bits per heavy atom. The fraction of sp³-hybridized carbons (Fsp3) is 0.294. The van der Waals surface area contributed by atoms with Crippen LogP contribution in [0.2, 0.25) is 5.02 Å². The maximum absolute atomic E-state index is 12.7. The zero-order valence-corrected chi connectivity index (χ0v) is 14.9. The molecular formula is C17H19ClN2O3S. The number of halogens is 1. The van der Waals surface area contributed by atoms with Gasteiger partial charge in [0.25, 0.3) is 0 Å². The molecule has 0 N–H and O–H groups in total. The van der Waals surface area contributed by atoms with E-state index in [9.17, 15) is 8.42 Å². The van der Waals surface area contributed by atoms with Gasteiger partial charge in [-0.25, -0.2) is 8.42 Å². The number of hydrogen-bond acceptors (Lipinski definition) is 4. The van der Waals surface area contributed by atoms with Gasteiger partial charge in [0.2, 0.25) is 10.0 Å². The molecule has 1 heterocycles. The Labute approximate surface area is 147 Å². The molecule has 0 aromatic heterocycles. The number of methoxy groups -OCH3 is 1. The van der Waals surface area contributed by atoms with Gasteiger partial charge in [0.1, 0.15) is 10.6 Å². The van der Waals surface area contributed by atoms with Crippen molar-refractivity contribution >= 4 is 27.3 Å². The number of rotatable bonds is 4. The molecule has 1 aliphatic heterocycles. The molecule has 5 nitrogen and oxygen atoms in total. The van der Waals surface area contributed by atoms with Gasteiger partial charge in [0.05, 0.1) is 12.1 Å². The third kappa shape index (κ3) is 3.36. The summed E-state index contributed by atoms with van der Waals surface area (Å²) in [5.74, 6) is 0.804. The molecule has 0 unspecified atom stereocenters. The lowest BCUT2D eigenvalue weighted by molar-refractivity contribution is 0.384. The highest BCUT2D eigenvalue weighted by Gasteiger charge is 2.29. The number of piperazine rings is 1. The lowest BCUT2D eigenvalue weighted by atomic mass is 10.2. The smallest absolute Gasteiger partial charge is 0.244 e. The molecule has 1 saturated heterocycles. The van der Waals surface area contributed by atoms with E-state index >= 15 is 0 Å². The molecule has 1 aliphatic rings. The summed E-state index contributed by atoms with van der Waals surface area (Å²) in [5, 5.41) is 0.259. The standard InChI is InChI=1S/C17H19ClN2O3S/c1-23-15-8-6-14(7-9-15)19-10-12-20(13-11-19)24(21,22)17-5-3-2-4-16(17)18/h2-9H,10-13H2,1H3.